The van der Waals surface area contributed by atoms with E-state index in [0.29, 0.717) is 11.3 Å². The first-order chi connectivity index (χ1) is 9.90. The number of nitrogens with zero attached hydrogens (tertiary/aromatic N) is 1. The Hall–Kier alpha value is -2.90. The van der Waals surface area contributed by atoms with Crippen LogP contribution in [0.25, 0.3) is 0 Å². The van der Waals surface area contributed by atoms with Crippen LogP contribution in [-0.2, 0) is 9.59 Å². The first-order valence-corrected chi connectivity index (χ1v) is 6.11. The first-order valence-electron chi connectivity index (χ1n) is 6.11. The summed E-state index contributed by atoms with van der Waals surface area (Å²) in [5.74, 6) is -2.16. The number of carbonyl (C=O) groups excluding carboxylic acids is 3. The lowest BCUT2D eigenvalue weighted by atomic mass is 10.1. The van der Waals surface area contributed by atoms with Crippen molar-refractivity contribution in [1.29, 1.82) is 0 Å². The molecule has 1 aromatic rings. The molecule has 4 amide bonds. The zero-order valence-corrected chi connectivity index (χ0v) is 11.2. The Morgan fingerprint density at radius 1 is 1.38 bits per heavy atom. The summed E-state index contributed by atoms with van der Waals surface area (Å²) in [7, 11) is 0. The molecular weight excluding hydrogens is 278 g/mol. The third kappa shape index (κ3) is 2.99. The second kappa shape index (κ2) is 5.61. The molecule has 0 aromatic heterocycles. The van der Waals surface area contributed by atoms with Gasteiger partial charge >= 0.3 is 12.0 Å². The predicted octanol–water partition coefficient (Wildman–Crippen LogP) is 0.184. The number of amides is 4. The van der Waals surface area contributed by atoms with Crippen molar-refractivity contribution in [2.45, 2.75) is 6.92 Å². The standard InChI is InChI=1S/C13H13N3O5/c1-7-8(12(19)20)3-2-4-9(7)15-10(17)6-16-11(18)5-14-13(16)21/h2-4H,5-6H2,1H3,(H,14,21)(H,15,17)(H,19,20). The third-order valence-electron chi connectivity index (χ3n) is 3.08. The van der Waals surface area contributed by atoms with Crippen molar-refractivity contribution in [2.75, 3.05) is 18.4 Å². The molecule has 2 rings (SSSR count). The summed E-state index contributed by atoms with van der Waals surface area (Å²) >= 11 is 0. The van der Waals surface area contributed by atoms with Gasteiger partial charge in [-0.15, -0.1) is 0 Å². The number of carboxylic acids is 1. The van der Waals surface area contributed by atoms with E-state index in [-0.39, 0.29) is 12.1 Å². The number of rotatable bonds is 4. The number of imide groups is 1. The molecule has 1 heterocycles. The Bertz CT molecular complexity index is 625. The maximum absolute atomic E-state index is 11.9. The highest BCUT2D eigenvalue weighted by atomic mass is 16.4. The largest absolute Gasteiger partial charge is 0.478 e. The van der Waals surface area contributed by atoms with Gasteiger partial charge < -0.3 is 15.7 Å². The molecule has 0 aliphatic carbocycles. The highest BCUT2D eigenvalue weighted by molar-refractivity contribution is 6.06. The highest BCUT2D eigenvalue weighted by Gasteiger charge is 2.30. The second-order valence-electron chi connectivity index (χ2n) is 4.47. The number of hydrogen-bond donors (Lipinski definition) is 3. The Morgan fingerprint density at radius 3 is 2.67 bits per heavy atom. The van der Waals surface area contributed by atoms with Crippen molar-refractivity contribution in [1.82, 2.24) is 10.2 Å². The second-order valence-corrected chi connectivity index (χ2v) is 4.47. The fraction of sp³-hybridized carbons (Fsp3) is 0.231. The van der Waals surface area contributed by atoms with Crippen LogP contribution >= 0.6 is 0 Å². The minimum atomic E-state index is -1.10. The molecule has 0 saturated carbocycles. The smallest absolute Gasteiger partial charge is 0.336 e. The number of carboxylic acid groups (broad SMARTS) is 1. The van der Waals surface area contributed by atoms with E-state index in [2.05, 4.69) is 10.6 Å². The molecule has 110 valence electrons. The van der Waals surface area contributed by atoms with Crippen LogP contribution in [0.5, 0.6) is 0 Å². The van der Waals surface area contributed by atoms with Gasteiger partial charge in [-0.25, -0.2) is 9.59 Å². The van der Waals surface area contributed by atoms with Gasteiger partial charge in [0, 0.05) is 5.69 Å². The number of carbonyl (C=O) groups is 4. The molecule has 0 radical (unpaired) electrons. The lowest BCUT2D eigenvalue weighted by molar-refractivity contribution is -0.128. The number of nitrogens with one attached hydrogen (secondary N) is 2. The molecule has 0 unspecified atom stereocenters. The SMILES string of the molecule is Cc1c(NC(=O)CN2C(=O)CNC2=O)cccc1C(=O)O. The van der Waals surface area contributed by atoms with Gasteiger partial charge in [-0.05, 0) is 24.6 Å². The molecule has 1 aromatic carbocycles. The minimum absolute atomic E-state index is 0.0720. The molecule has 0 spiro atoms. The fourth-order valence-corrected chi connectivity index (χ4v) is 1.95. The van der Waals surface area contributed by atoms with Crippen molar-refractivity contribution in [2.24, 2.45) is 0 Å². The Kier molecular flexibility index (Phi) is 3.88. The van der Waals surface area contributed by atoms with Crippen LogP contribution in [0.4, 0.5) is 10.5 Å². The number of aromatic carboxylic acids is 1. The van der Waals surface area contributed by atoms with Gasteiger partial charge in [-0.1, -0.05) is 6.07 Å². The molecule has 1 aliphatic rings. The summed E-state index contributed by atoms with van der Waals surface area (Å²) < 4.78 is 0. The van der Waals surface area contributed by atoms with Crippen LogP contribution in [-0.4, -0.2) is 46.9 Å². The summed E-state index contributed by atoms with van der Waals surface area (Å²) in [6, 6.07) is 3.85. The predicted molar refractivity (Wildman–Crippen MR) is 71.9 cm³/mol. The van der Waals surface area contributed by atoms with Gasteiger partial charge in [0.1, 0.15) is 6.54 Å². The van der Waals surface area contributed by atoms with Gasteiger partial charge in [0.2, 0.25) is 5.91 Å². The molecule has 1 fully saturated rings. The van der Waals surface area contributed by atoms with Gasteiger partial charge in [0.05, 0.1) is 12.1 Å². The summed E-state index contributed by atoms with van der Waals surface area (Å²) in [6.45, 7) is 1.02. The van der Waals surface area contributed by atoms with Crippen LogP contribution in [0.2, 0.25) is 0 Å². The van der Waals surface area contributed by atoms with E-state index >= 15 is 0 Å². The average molecular weight is 291 g/mol. The van der Waals surface area contributed by atoms with Crippen molar-refractivity contribution in [3.05, 3.63) is 29.3 Å². The number of anilines is 1. The van der Waals surface area contributed by atoms with E-state index < -0.39 is 30.4 Å². The topological polar surface area (TPSA) is 116 Å². The van der Waals surface area contributed by atoms with Crippen LogP contribution in [0.15, 0.2) is 18.2 Å². The third-order valence-corrected chi connectivity index (χ3v) is 3.08. The van der Waals surface area contributed by atoms with Gasteiger partial charge in [0.15, 0.2) is 0 Å². The summed E-state index contributed by atoms with van der Waals surface area (Å²) in [6.07, 6.45) is 0. The van der Waals surface area contributed by atoms with E-state index in [0.717, 1.165) is 4.90 Å². The molecule has 8 nitrogen and oxygen atoms in total. The highest BCUT2D eigenvalue weighted by Crippen LogP contribution is 2.19. The normalized spacial score (nSPS) is 14.0. The number of hydrogen-bond acceptors (Lipinski definition) is 4. The molecular formula is C13H13N3O5. The van der Waals surface area contributed by atoms with E-state index in [1.165, 1.54) is 12.1 Å². The average Bonchev–Trinajstić information content (AvgIpc) is 2.72. The van der Waals surface area contributed by atoms with E-state index in [1.54, 1.807) is 13.0 Å². The zero-order chi connectivity index (χ0) is 15.6. The summed E-state index contributed by atoms with van der Waals surface area (Å²) in [5.41, 5.74) is 0.797. The fourth-order valence-electron chi connectivity index (χ4n) is 1.95. The van der Waals surface area contributed by atoms with Crippen molar-refractivity contribution < 1.29 is 24.3 Å². The maximum atomic E-state index is 11.9. The Balaban J connectivity index is 2.10. The first kappa shape index (κ1) is 14.5. The van der Waals surface area contributed by atoms with Crippen molar-refractivity contribution >= 4 is 29.5 Å². The monoisotopic (exact) mass is 291 g/mol. The molecule has 1 saturated heterocycles. The molecule has 0 bridgehead atoms. The van der Waals surface area contributed by atoms with Gasteiger partial charge in [-0.3, -0.25) is 14.5 Å². The molecule has 3 N–H and O–H groups in total. The van der Waals surface area contributed by atoms with Gasteiger partial charge in [0.25, 0.3) is 5.91 Å². The Morgan fingerprint density at radius 2 is 2.10 bits per heavy atom. The number of urea groups is 1. The van der Waals surface area contributed by atoms with Gasteiger partial charge in [-0.2, -0.15) is 0 Å². The van der Waals surface area contributed by atoms with E-state index in [1.807, 2.05) is 0 Å². The van der Waals surface area contributed by atoms with Crippen LogP contribution in [0.1, 0.15) is 15.9 Å². The lowest BCUT2D eigenvalue weighted by Crippen LogP contribution is -2.38. The van der Waals surface area contributed by atoms with Crippen molar-refractivity contribution in [3.8, 4) is 0 Å². The lowest BCUT2D eigenvalue weighted by Gasteiger charge is -2.14. The molecule has 21 heavy (non-hydrogen) atoms. The van der Waals surface area contributed by atoms with Crippen LogP contribution < -0.4 is 10.6 Å². The van der Waals surface area contributed by atoms with Crippen LogP contribution in [0, 0.1) is 6.92 Å². The summed E-state index contributed by atoms with van der Waals surface area (Å²) in [4.78, 5) is 46.4. The Labute approximate surface area is 119 Å². The quantitative estimate of drug-likeness (QED) is 0.684. The molecule has 0 atom stereocenters. The summed E-state index contributed by atoms with van der Waals surface area (Å²) in [5, 5.41) is 13.8. The minimum Gasteiger partial charge on any atom is -0.478 e. The molecule has 8 heteroatoms. The maximum Gasteiger partial charge on any atom is 0.336 e. The molecule has 1 aliphatic heterocycles. The zero-order valence-electron chi connectivity index (χ0n) is 11.2. The van der Waals surface area contributed by atoms with Crippen LogP contribution in [0.3, 0.4) is 0 Å². The van der Waals surface area contributed by atoms with E-state index in [4.69, 9.17) is 5.11 Å². The number of benzene rings is 1. The van der Waals surface area contributed by atoms with Crippen molar-refractivity contribution in [3.63, 3.8) is 0 Å². The van der Waals surface area contributed by atoms with E-state index in [9.17, 15) is 19.2 Å².